The zero-order valence-corrected chi connectivity index (χ0v) is 12.9. The van der Waals surface area contributed by atoms with Crippen LogP contribution in [0.5, 0.6) is 0 Å². The largest absolute Gasteiger partial charge is 0.373 e. The molecule has 21 heavy (non-hydrogen) atoms. The van der Waals surface area contributed by atoms with Gasteiger partial charge in [0.05, 0.1) is 6.67 Å². The van der Waals surface area contributed by atoms with Crippen molar-refractivity contribution in [3.05, 3.63) is 60.4 Å². The Balaban J connectivity index is 1.72. The Morgan fingerprint density at radius 2 is 2.05 bits per heavy atom. The zero-order valence-electron chi connectivity index (χ0n) is 12.9. The number of hydrogen-bond acceptors (Lipinski definition) is 3. The quantitative estimate of drug-likeness (QED) is 0.511. The summed E-state index contributed by atoms with van der Waals surface area (Å²) < 4.78 is 0. The third-order valence-electron chi connectivity index (χ3n) is 3.76. The van der Waals surface area contributed by atoms with E-state index in [2.05, 4.69) is 52.6 Å². The first-order valence-electron chi connectivity index (χ1n) is 7.92. The Labute approximate surface area is 128 Å². The minimum absolute atomic E-state index is 0.918. The molecule has 1 aliphatic heterocycles. The molecule has 0 aliphatic carbocycles. The summed E-state index contributed by atoms with van der Waals surface area (Å²) in [5, 5.41) is 6.67. The number of rotatable bonds is 10. The van der Waals surface area contributed by atoms with Crippen molar-refractivity contribution in [2.75, 3.05) is 19.8 Å². The van der Waals surface area contributed by atoms with Gasteiger partial charge in [0.2, 0.25) is 0 Å². The number of nitrogens with one attached hydrogen (secondary N) is 2. The average molecular weight is 285 g/mol. The minimum atomic E-state index is 0.918. The molecule has 0 aromatic heterocycles. The molecule has 0 amide bonds. The first-order chi connectivity index (χ1) is 10.4. The van der Waals surface area contributed by atoms with Crippen LogP contribution in [0.3, 0.4) is 0 Å². The molecule has 0 fully saturated rings. The number of benzene rings is 1. The maximum atomic E-state index is 3.73. The van der Waals surface area contributed by atoms with Crippen molar-refractivity contribution in [1.29, 1.82) is 0 Å². The van der Waals surface area contributed by atoms with Gasteiger partial charge in [-0.25, -0.2) is 0 Å². The summed E-state index contributed by atoms with van der Waals surface area (Å²) in [6.07, 6.45) is 10.8. The van der Waals surface area contributed by atoms with Crippen LogP contribution in [0.1, 0.15) is 30.4 Å². The molecule has 0 saturated carbocycles. The maximum absolute atomic E-state index is 3.73. The van der Waals surface area contributed by atoms with Gasteiger partial charge in [-0.3, -0.25) is 0 Å². The summed E-state index contributed by atoms with van der Waals surface area (Å²) in [6, 6.07) is 8.82. The number of hydrogen-bond donors (Lipinski definition) is 2. The van der Waals surface area contributed by atoms with Crippen molar-refractivity contribution in [3.8, 4) is 0 Å². The van der Waals surface area contributed by atoms with Crippen molar-refractivity contribution < 1.29 is 0 Å². The summed E-state index contributed by atoms with van der Waals surface area (Å²) in [7, 11) is 0. The van der Waals surface area contributed by atoms with Crippen LogP contribution in [0.4, 0.5) is 0 Å². The van der Waals surface area contributed by atoms with E-state index in [1.54, 1.807) is 0 Å². The summed E-state index contributed by atoms with van der Waals surface area (Å²) >= 11 is 0. The smallest absolute Gasteiger partial charge is 0.0870 e. The predicted octanol–water partition coefficient (Wildman–Crippen LogP) is 3.01. The van der Waals surface area contributed by atoms with Crippen LogP contribution in [-0.4, -0.2) is 24.7 Å². The molecule has 1 heterocycles. The molecule has 2 rings (SSSR count). The Kier molecular flexibility index (Phi) is 6.89. The highest BCUT2D eigenvalue weighted by molar-refractivity contribution is 5.27. The molecule has 0 radical (unpaired) electrons. The lowest BCUT2D eigenvalue weighted by Gasteiger charge is -2.17. The molecule has 0 saturated heterocycles. The normalized spacial score (nSPS) is 13.4. The molecular formula is C18H27N3. The van der Waals surface area contributed by atoms with Crippen molar-refractivity contribution in [2.45, 2.75) is 32.2 Å². The van der Waals surface area contributed by atoms with Crippen LogP contribution >= 0.6 is 0 Å². The van der Waals surface area contributed by atoms with Gasteiger partial charge in [0, 0.05) is 18.9 Å². The van der Waals surface area contributed by atoms with Gasteiger partial charge in [0.25, 0.3) is 0 Å². The number of unbranched alkanes of at least 4 members (excludes halogenated alkanes) is 1. The highest BCUT2D eigenvalue weighted by Crippen LogP contribution is 2.15. The Morgan fingerprint density at radius 1 is 1.19 bits per heavy atom. The average Bonchev–Trinajstić information content (AvgIpc) is 3.01. The van der Waals surface area contributed by atoms with E-state index in [4.69, 9.17) is 0 Å². The van der Waals surface area contributed by atoms with Gasteiger partial charge < -0.3 is 15.5 Å². The van der Waals surface area contributed by atoms with E-state index >= 15 is 0 Å². The van der Waals surface area contributed by atoms with E-state index < -0.39 is 0 Å². The molecule has 0 bridgehead atoms. The van der Waals surface area contributed by atoms with Crippen LogP contribution in [0.15, 0.2) is 49.3 Å². The molecule has 2 N–H and O–H groups in total. The van der Waals surface area contributed by atoms with Crippen LogP contribution in [0, 0.1) is 0 Å². The molecule has 1 aromatic rings. The van der Waals surface area contributed by atoms with Crippen LogP contribution in [-0.2, 0) is 13.0 Å². The second-order valence-corrected chi connectivity index (χ2v) is 5.48. The van der Waals surface area contributed by atoms with Crippen LogP contribution in [0.2, 0.25) is 0 Å². The molecular weight excluding hydrogens is 258 g/mol. The Hall–Kier alpha value is -1.74. The fourth-order valence-electron chi connectivity index (χ4n) is 2.56. The van der Waals surface area contributed by atoms with E-state index in [9.17, 15) is 0 Å². The van der Waals surface area contributed by atoms with Crippen molar-refractivity contribution in [1.82, 2.24) is 15.5 Å². The van der Waals surface area contributed by atoms with Gasteiger partial charge >= 0.3 is 0 Å². The molecule has 3 heteroatoms. The van der Waals surface area contributed by atoms with E-state index in [0.717, 1.165) is 32.7 Å². The Bertz CT molecular complexity index is 454. The molecule has 0 unspecified atom stereocenters. The lowest BCUT2D eigenvalue weighted by Crippen LogP contribution is -2.20. The lowest BCUT2D eigenvalue weighted by molar-refractivity contribution is 0.383. The molecule has 114 valence electrons. The van der Waals surface area contributed by atoms with Crippen LogP contribution < -0.4 is 10.6 Å². The number of nitrogens with zero attached hydrogens (tertiary/aromatic N) is 1. The van der Waals surface area contributed by atoms with Gasteiger partial charge in [-0.2, -0.15) is 0 Å². The van der Waals surface area contributed by atoms with Gasteiger partial charge in [-0.15, -0.1) is 6.58 Å². The van der Waals surface area contributed by atoms with Gasteiger partial charge in [0.1, 0.15) is 0 Å². The fourth-order valence-corrected chi connectivity index (χ4v) is 2.56. The molecule has 1 aliphatic rings. The predicted molar refractivity (Wildman–Crippen MR) is 89.7 cm³/mol. The standard InChI is InChI=1S/C18H27N3/c1-2-3-11-19-12-7-6-9-17-8-4-5-10-18(17)15-21-14-13-20-16-21/h2,4-5,8,10,13-14,19-20H,1,3,6-7,9,11-12,15-16H2. The summed E-state index contributed by atoms with van der Waals surface area (Å²) in [5.74, 6) is 0. The second-order valence-electron chi connectivity index (χ2n) is 5.48. The molecule has 1 aromatic carbocycles. The van der Waals surface area contributed by atoms with Crippen molar-refractivity contribution in [2.24, 2.45) is 0 Å². The monoisotopic (exact) mass is 285 g/mol. The minimum Gasteiger partial charge on any atom is -0.373 e. The zero-order chi connectivity index (χ0) is 14.8. The second kappa shape index (κ2) is 9.24. The summed E-state index contributed by atoms with van der Waals surface area (Å²) in [4.78, 5) is 2.30. The molecule has 3 nitrogen and oxygen atoms in total. The summed E-state index contributed by atoms with van der Waals surface area (Å²) in [6.45, 7) is 7.80. The Morgan fingerprint density at radius 3 is 2.81 bits per heavy atom. The van der Waals surface area contributed by atoms with E-state index in [-0.39, 0.29) is 0 Å². The highest BCUT2D eigenvalue weighted by Gasteiger charge is 2.07. The number of aryl methyl sites for hydroxylation is 1. The highest BCUT2D eigenvalue weighted by atomic mass is 15.2. The lowest BCUT2D eigenvalue weighted by atomic mass is 10.0. The fraction of sp³-hybridized carbons (Fsp3) is 0.444. The van der Waals surface area contributed by atoms with Gasteiger partial charge in [0.15, 0.2) is 0 Å². The SMILES string of the molecule is C=CCCNCCCCc1ccccc1CN1C=CNC1. The first-order valence-corrected chi connectivity index (χ1v) is 7.92. The summed E-state index contributed by atoms with van der Waals surface area (Å²) in [5.41, 5.74) is 2.94. The third-order valence-corrected chi connectivity index (χ3v) is 3.76. The van der Waals surface area contributed by atoms with E-state index in [1.165, 1.54) is 30.4 Å². The topological polar surface area (TPSA) is 27.3 Å². The van der Waals surface area contributed by atoms with E-state index in [0.29, 0.717) is 0 Å². The van der Waals surface area contributed by atoms with E-state index in [1.807, 2.05) is 12.3 Å². The third kappa shape index (κ3) is 5.64. The molecule has 0 atom stereocenters. The molecule has 0 spiro atoms. The van der Waals surface area contributed by atoms with Gasteiger partial charge in [-0.1, -0.05) is 30.3 Å². The van der Waals surface area contributed by atoms with Crippen LogP contribution in [0.25, 0.3) is 0 Å². The van der Waals surface area contributed by atoms with Crippen molar-refractivity contribution >= 4 is 0 Å². The van der Waals surface area contributed by atoms with Gasteiger partial charge in [-0.05, 0) is 49.9 Å². The first kappa shape index (κ1) is 15.6. The maximum Gasteiger partial charge on any atom is 0.0870 e. The van der Waals surface area contributed by atoms with Crippen molar-refractivity contribution in [3.63, 3.8) is 0 Å².